The molecule has 27 heavy (non-hydrogen) atoms. The van der Waals surface area contributed by atoms with Gasteiger partial charge in [-0.05, 0) is 57.2 Å². The summed E-state index contributed by atoms with van der Waals surface area (Å²) in [4.78, 5) is 0. The van der Waals surface area contributed by atoms with Crippen LogP contribution in [0.15, 0.2) is 30.3 Å². The van der Waals surface area contributed by atoms with E-state index in [1.165, 1.54) is 11.1 Å². The molecule has 2 aromatic rings. The Balaban J connectivity index is 1.56. The predicted octanol–water partition coefficient (Wildman–Crippen LogP) is 5.00. The fraction of sp³-hybridized carbons (Fsp3) is 0.478. The number of aromatic hydroxyl groups is 1. The van der Waals surface area contributed by atoms with Crippen LogP contribution in [0.3, 0.4) is 0 Å². The molecule has 0 bridgehead atoms. The summed E-state index contributed by atoms with van der Waals surface area (Å²) in [5, 5.41) is 10.5. The Morgan fingerprint density at radius 2 is 2.07 bits per heavy atom. The number of phenols is 1. The molecule has 0 saturated carbocycles. The minimum absolute atomic E-state index is 0.119. The Bertz CT molecular complexity index is 841. The van der Waals surface area contributed by atoms with E-state index in [0.29, 0.717) is 19.0 Å². The molecule has 2 heterocycles. The zero-order valence-corrected chi connectivity index (χ0v) is 16.4. The van der Waals surface area contributed by atoms with Crippen molar-refractivity contribution in [2.24, 2.45) is 0 Å². The summed E-state index contributed by atoms with van der Waals surface area (Å²) in [6, 6.07) is 9.79. The molecule has 4 rings (SSSR count). The van der Waals surface area contributed by atoms with E-state index in [2.05, 4.69) is 32.9 Å². The van der Waals surface area contributed by atoms with Crippen LogP contribution in [0, 0.1) is 0 Å². The van der Waals surface area contributed by atoms with Gasteiger partial charge in [-0.15, -0.1) is 0 Å². The maximum atomic E-state index is 10.5. The van der Waals surface area contributed by atoms with Gasteiger partial charge in [-0.2, -0.15) is 0 Å². The highest BCUT2D eigenvalue weighted by atomic mass is 16.5. The number of hydrogen-bond acceptors (Lipinski definition) is 4. The van der Waals surface area contributed by atoms with Crippen LogP contribution in [0.1, 0.15) is 56.2 Å². The summed E-state index contributed by atoms with van der Waals surface area (Å²) in [7, 11) is 0. The van der Waals surface area contributed by atoms with Crippen molar-refractivity contribution in [2.75, 3.05) is 13.2 Å². The lowest BCUT2D eigenvalue weighted by atomic mass is 9.86. The first-order valence-electron chi connectivity index (χ1n) is 9.89. The van der Waals surface area contributed by atoms with Gasteiger partial charge in [-0.3, -0.25) is 0 Å². The van der Waals surface area contributed by atoms with Crippen molar-refractivity contribution in [1.82, 2.24) is 0 Å². The molecular formula is C23H28O4. The monoisotopic (exact) mass is 368 g/mol. The average Bonchev–Trinajstić information content (AvgIpc) is 2.65. The van der Waals surface area contributed by atoms with Crippen LogP contribution in [0.5, 0.6) is 23.0 Å². The third-order valence-electron chi connectivity index (χ3n) is 5.47. The van der Waals surface area contributed by atoms with Crippen LogP contribution in [0.25, 0.3) is 0 Å². The van der Waals surface area contributed by atoms with E-state index in [4.69, 9.17) is 14.2 Å². The van der Waals surface area contributed by atoms with Gasteiger partial charge in [-0.1, -0.05) is 19.1 Å². The third-order valence-corrected chi connectivity index (χ3v) is 5.47. The molecule has 1 N–H and O–H groups in total. The summed E-state index contributed by atoms with van der Waals surface area (Å²) in [6.45, 7) is 7.54. The highest BCUT2D eigenvalue weighted by Crippen LogP contribution is 2.44. The Kier molecular flexibility index (Phi) is 4.67. The van der Waals surface area contributed by atoms with Crippen molar-refractivity contribution >= 4 is 0 Å². The molecule has 0 amide bonds. The smallest absolute Gasteiger partial charge is 0.129 e. The summed E-state index contributed by atoms with van der Waals surface area (Å²) >= 11 is 0. The lowest BCUT2D eigenvalue weighted by Gasteiger charge is -2.35. The largest absolute Gasteiger partial charge is 0.508 e. The van der Waals surface area contributed by atoms with E-state index in [1.54, 1.807) is 6.07 Å². The fourth-order valence-electron chi connectivity index (χ4n) is 3.99. The second-order valence-corrected chi connectivity index (χ2v) is 8.17. The lowest BCUT2D eigenvalue weighted by molar-refractivity contribution is 0.0826. The number of benzene rings is 2. The first-order valence-corrected chi connectivity index (χ1v) is 9.89. The fourth-order valence-corrected chi connectivity index (χ4v) is 3.99. The minimum Gasteiger partial charge on any atom is -0.508 e. The lowest BCUT2D eigenvalue weighted by Crippen LogP contribution is -2.33. The van der Waals surface area contributed by atoms with Gasteiger partial charge in [0.15, 0.2) is 0 Å². The van der Waals surface area contributed by atoms with Gasteiger partial charge < -0.3 is 19.3 Å². The Morgan fingerprint density at radius 1 is 1.22 bits per heavy atom. The van der Waals surface area contributed by atoms with Crippen molar-refractivity contribution in [3.8, 4) is 23.0 Å². The molecule has 0 fully saturated rings. The molecule has 0 unspecified atom stereocenters. The quantitative estimate of drug-likeness (QED) is 0.825. The van der Waals surface area contributed by atoms with E-state index in [1.807, 2.05) is 12.1 Å². The van der Waals surface area contributed by atoms with Gasteiger partial charge in [0, 0.05) is 23.1 Å². The second-order valence-electron chi connectivity index (χ2n) is 8.17. The molecule has 0 spiro atoms. The van der Waals surface area contributed by atoms with Crippen LogP contribution in [-0.2, 0) is 12.8 Å². The molecule has 144 valence electrons. The van der Waals surface area contributed by atoms with Crippen LogP contribution in [-0.4, -0.2) is 23.9 Å². The van der Waals surface area contributed by atoms with E-state index >= 15 is 0 Å². The van der Waals surface area contributed by atoms with Gasteiger partial charge in [0.2, 0.25) is 0 Å². The maximum absolute atomic E-state index is 10.5. The number of phenolic OH excluding ortho intramolecular Hbond substituents is 1. The first-order chi connectivity index (χ1) is 13.0. The molecule has 0 aromatic heterocycles. The summed E-state index contributed by atoms with van der Waals surface area (Å²) in [6.07, 6.45) is 3.77. The molecule has 2 aromatic carbocycles. The minimum atomic E-state index is -0.119. The van der Waals surface area contributed by atoms with Crippen molar-refractivity contribution in [1.29, 1.82) is 0 Å². The third kappa shape index (κ3) is 3.58. The molecule has 0 aliphatic carbocycles. The second kappa shape index (κ2) is 6.99. The van der Waals surface area contributed by atoms with Crippen molar-refractivity contribution < 1.29 is 19.3 Å². The number of rotatable bonds is 4. The Hall–Kier alpha value is -2.36. The molecule has 1 atom stereocenters. The molecule has 4 heteroatoms. The van der Waals surface area contributed by atoms with Crippen LogP contribution in [0.2, 0.25) is 0 Å². The van der Waals surface area contributed by atoms with Gasteiger partial charge in [0.1, 0.15) is 28.6 Å². The molecule has 2 aliphatic heterocycles. The van der Waals surface area contributed by atoms with Crippen molar-refractivity contribution in [3.05, 3.63) is 47.0 Å². The van der Waals surface area contributed by atoms with E-state index < -0.39 is 0 Å². The zero-order chi connectivity index (χ0) is 19.0. The predicted molar refractivity (Wildman–Crippen MR) is 105 cm³/mol. The highest BCUT2D eigenvalue weighted by molar-refractivity contribution is 5.54. The SMILES string of the molecule is CCCOc1ccc([C@@H]2COc3c(ccc4c3CCC(C)(C)O4)C2)c(O)c1. The van der Waals surface area contributed by atoms with E-state index in [9.17, 15) is 5.11 Å². The average molecular weight is 368 g/mol. The standard InChI is InChI=1S/C23H28O4/c1-4-11-25-17-6-7-18(20(24)13-17)16-12-15-5-8-21-19(22(15)26-14-16)9-10-23(2,3)27-21/h5-8,13,16,24H,4,9-12,14H2,1-3H3/t16-/m0/s1. The summed E-state index contributed by atoms with van der Waals surface area (Å²) in [5.41, 5.74) is 3.18. The number of hydrogen-bond donors (Lipinski definition) is 1. The zero-order valence-electron chi connectivity index (χ0n) is 16.4. The normalized spacial score (nSPS) is 20.0. The Labute approximate surface area is 161 Å². The van der Waals surface area contributed by atoms with Crippen molar-refractivity contribution in [3.63, 3.8) is 0 Å². The number of fused-ring (bicyclic) bond motifs is 3. The van der Waals surface area contributed by atoms with E-state index in [-0.39, 0.29) is 17.3 Å². The summed E-state index contributed by atoms with van der Waals surface area (Å²) in [5.74, 6) is 3.06. The van der Waals surface area contributed by atoms with Crippen LogP contribution >= 0.6 is 0 Å². The maximum Gasteiger partial charge on any atom is 0.129 e. The van der Waals surface area contributed by atoms with Gasteiger partial charge in [0.25, 0.3) is 0 Å². The van der Waals surface area contributed by atoms with Gasteiger partial charge >= 0.3 is 0 Å². The molecule has 0 radical (unpaired) electrons. The van der Waals surface area contributed by atoms with Gasteiger partial charge in [-0.25, -0.2) is 0 Å². The first kappa shape index (κ1) is 18.0. The molecule has 4 nitrogen and oxygen atoms in total. The Morgan fingerprint density at radius 3 is 2.85 bits per heavy atom. The number of ether oxygens (including phenoxy) is 3. The highest BCUT2D eigenvalue weighted by Gasteiger charge is 2.32. The summed E-state index contributed by atoms with van der Waals surface area (Å²) < 4.78 is 17.9. The van der Waals surface area contributed by atoms with E-state index in [0.717, 1.165) is 42.7 Å². The van der Waals surface area contributed by atoms with Crippen LogP contribution in [0.4, 0.5) is 0 Å². The van der Waals surface area contributed by atoms with Crippen LogP contribution < -0.4 is 14.2 Å². The van der Waals surface area contributed by atoms with Gasteiger partial charge in [0.05, 0.1) is 13.2 Å². The topological polar surface area (TPSA) is 47.9 Å². The molecule has 2 aliphatic rings. The molecular weight excluding hydrogens is 340 g/mol. The molecule has 0 saturated heterocycles. The van der Waals surface area contributed by atoms with Crippen molar-refractivity contribution in [2.45, 2.75) is 58.0 Å².